The van der Waals surface area contributed by atoms with Crippen LogP contribution in [0.3, 0.4) is 0 Å². The zero-order valence-electron chi connectivity index (χ0n) is 11.3. The molecule has 2 aliphatic heterocycles. The maximum Gasteiger partial charge on any atom is 0.328 e. The third kappa shape index (κ3) is 2.43. The van der Waals surface area contributed by atoms with E-state index in [0.29, 0.717) is 12.2 Å². The van der Waals surface area contributed by atoms with Crippen LogP contribution in [0.25, 0.3) is 0 Å². The minimum Gasteiger partial charge on any atom is -0.467 e. The van der Waals surface area contributed by atoms with Crippen LogP contribution in [-0.2, 0) is 19.1 Å². The lowest BCUT2D eigenvalue weighted by molar-refractivity contribution is -0.145. The summed E-state index contributed by atoms with van der Waals surface area (Å²) in [5, 5.41) is 2.60. The quantitative estimate of drug-likeness (QED) is 0.746. The van der Waals surface area contributed by atoms with E-state index in [1.807, 2.05) is 6.92 Å². The van der Waals surface area contributed by atoms with Gasteiger partial charge in [0.2, 0.25) is 11.8 Å². The Balaban J connectivity index is 2.04. The second-order valence-corrected chi connectivity index (χ2v) is 6.52. The lowest BCUT2D eigenvalue weighted by Crippen LogP contribution is -2.53. The second-order valence-electron chi connectivity index (χ2n) is 5.02. The molecule has 0 spiro atoms. The van der Waals surface area contributed by atoms with Crippen molar-refractivity contribution in [3.63, 3.8) is 0 Å². The molecule has 3 atom stereocenters. The highest BCUT2D eigenvalue weighted by molar-refractivity contribution is 8.01. The lowest BCUT2D eigenvalue weighted by Gasteiger charge is -2.30. The Morgan fingerprint density at radius 3 is 2.89 bits per heavy atom. The van der Waals surface area contributed by atoms with Gasteiger partial charge in [0, 0.05) is 12.2 Å². The lowest BCUT2D eigenvalue weighted by atomic mass is 10.2. The SMILES string of the molecule is COC(=O)C(C)NC(=O)C1CSC2(C)CCC(=O)N12. The normalized spacial score (nSPS) is 31.0. The maximum absolute atomic E-state index is 12.2. The van der Waals surface area contributed by atoms with Crippen molar-refractivity contribution in [2.45, 2.75) is 43.6 Å². The molecule has 0 aliphatic carbocycles. The van der Waals surface area contributed by atoms with Crippen molar-refractivity contribution >= 4 is 29.5 Å². The third-order valence-corrected chi connectivity index (χ3v) is 5.17. The molecule has 2 aliphatic rings. The molecule has 1 N–H and O–H groups in total. The zero-order valence-corrected chi connectivity index (χ0v) is 12.1. The van der Waals surface area contributed by atoms with E-state index in [1.165, 1.54) is 7.11 Å². The summed E-state index contributed by atoms with van der Waals surface area (Å²) in [5.41, 5.74) is 0. The van der Waals surface area contributed by atoms with Crippen molar-refractivity contribution in [1.82, 2.24) is 10.2 Å². The summed E-state index contributed by atoms with van der Waals surface area (Å²) in [5.74, 6) is -0.195. The Morgan fingerprint density at radius 1 is 1.58 bits per heavy atom. The van der Waals surface area contributed by atoms with Gasteiger partial charge in [-0.2, -0.15) is 0 Å². The number of esters is 1. The summed E-state index contributed by atoms with van der Waals surface area (Å²) >= 11 is 1.62. The first-order valence-corrected chi connectivity index (χ1v) is 7.22. The Morgan fingerprint density at radius 2 is 2.26 bits per heavy atom. The van der Waals surface area contributed by atoms with Gasteiger partial charge in [-0.25, -0.2) is 4.79 Å². The van der Waals surface area contributed by atoms with Gasteiger partial charge in [0.05, 0.1) is 12.0 Å². The highest BCUT2D eigenvalue weighted by Gasteiger charge is 2.53. The van der Waals surface area contributed by atoms with Crippen molar-refractivity contribution in [2.24, 2.45) is 0 Å². The molecule has 2 fully saturated rings. The molecular formula is C12H18N2O4S. The fourth-order valence-electron chi connectivity index (χ4n) is 2.56. The largest absolute Gasteiger partial charge is 0.467 e. The minimum absolute atomic E-state index is 0.0124. The number of fused-ring (bicyclic) bond motifs is 1. The number of methoxy groups -OCH3 is 1. The molecule has 0 aromatic rings. The molecule has 2 rings (SSSR count). The van der Waals surface area contributed by atoms with Crippen LogP contribution >= 0.6 is 11.8 Å². The molecule has 19 heavy (non-hydrogen) atoms. The number of ether oxygens (including phenoxy) is 1. The van der Waals surface area contributed by atoms with Crippen LogP contribution in [0.1, 0.15) is 26.7 Å². The second kappa shape index (κ2) is 5.03. The van der Waals surface area contributed by atoms with Gasteiger partial charge < -0.3 is 15.0 Å². The molecule has 6 nitrogen and oxygen atoms in total. The molecule has 2 heterocycles. The highest BCUT2D eigenvalue weighted by atomic mass is 32.2. The number of amides is 2. The van der Waals surface area contributed by atoms with E-state index >= 15 is 0 Å². The van der Waals surface area contributed by atoms with E-state index in [0.717, 1.165) is 6.42 Å². The summed E-state index contributed by atoms with van der Waals surface area (Å²) < 4.78 is 4.56. The van der Waals surface area contributed by atoms with Crippen molar-refractivity contribution < 1.29 is 19.1 Å². The fourth-order valence-corrected chi connectivity index (χ4v) is 3.99. The van der Waals surface area contributed by atoms with Gasteiger partial charge in [-0.05, 0) is 20.3 Å². The number of nitrogens with one attached hydrogen (secondary N) is 1. The Hall–Kier alpha value is -1.24. The van der Waals surface area contributed by atoms with E-state index < -0.39 is 18.1 Å². The first kappa shape index (κ1) is 14.2. The van der Waals surface area contributed by atoms with Gasteiger partial charge in [0.15, 0.2) is 0 Å². The van der Waals surface area contributed by atoms with E-state index in [9.17, 15) is 14.4 Å². The van der Waals surface area contributed by atoms with Gasteiger partial charge in [-0.3, -0.25) is 9.59 Å². The van der Waals surface area contributed by atoms with Crippen LogP contribution in [0, 0.1) is 0 Å². The number of nitrogens with zero attached hydrogens (tertiary/aromatic N) is 1. The average Bonchev–Trinajstić information content (AvgIpc) is 2.86. The maximum atomic E-state index is 12.2. The van der Waals surface area contributed by atoms with Crippen LogP contribution in [0.5, 0.6) is 0 Å². The number of carbonyl (C=O) groups excluding carboxylic acids is 3. The highest BCUT2D eigenvalue weighted by Crippen LogP contribution is 2.47. The summed E-state index contributed by atoms with van der Waals surface area (Å²) in [6, 6.07) is -1.19. The smallest absolute Gasteiger partial charge is 0.328 e. The molecule has 0 aromatic heterocycles. The van der Waals surface area contributed by atoms with Crippen molar-refractivity contribution in [1.29, 1.82) is 0 Å². The van der Waals surface area contributed by atoms with Crippen molar-refractivity contribution in [2.75, 3.05) is 12.9 Å². The number of hydrogen-bond donors (Lipinski definition) is 1. The predicted octanol–water partition coefficient (Wildman–Crippen LogP) is 0.118. The topological polar surface area (TPSA) is 75.7 Å². The third-order valence-electron chi connectivity index (χ3n) is 3.66. The Kier molecular flexibility index (Phi) is 3.75. The summed E-state index contributed by atoms with van der Waals surface area (Å²) in [6.07, 6.45) is 1.26. The molecule has 2 saturated heterocycles. The van der Waals surface area contributed by atoms with Crippen LogP contribution in [0.2, 0.25) is 0 Å². The molecule has 0 radical (unpaired) electrons. The first-order chi connectivity index (χ1) is 8.89. The van der Waals surface area contributed by atoms with E-state index in [2.05, 4.69) is 10.1 Å². The molecule has 7 heteroatoms. The van der Waals surface area contributed by atoms with E-state index in [1.54, 1.807) is 23.6 Å². The number of rotatable bonds is 3. The number of thioether (sulfide) groups is 1. The van der Waals surface area contributed by atoms with E-state index in [-0.39, 0.29) is 16.7 Å². The number of carbonyl (C=O) groups is 3. The van der Waals surface area contributed by atoms with Gasteiger partial charge >= 0.3 is 5.97 Å². The van der Waals surface area contributed by atoms with Crippen molar-refractivity contribution in [3.8, 4) is 0 Å². The summed E-state index contributed by atoms with van der Waals surface area (Å²) in [6.45, 7) is 3.55. The molecule has 3 unspecified atom stereocenters. The van der Waals surface area contributed by atoms with Crippen LogP contribution < -0.4 is 5.32 Å². The molecule has 0 saturated carbocycles. The predicted molar refractivity (Wildman–Crippen MR) is 70.4 cm³/mol. The average molecular weight is 286 g/mol. The minimum atomic E-state index is -0.702. The van der Waals surface area contributed by atoms with Gasteiger partial charge in [-0.15, -0.1) is 11.8 Å². The van der Waals surface area contributed by atoms with Crippen LogP contribution in [-0.4, -0.2) is 52.5 Å². The monoisotopic (exact) mass is 286 g/mol. The van der Waals surface area contributed by atoms with Crippen molar-refractivity contribution in [3.05, 3.63) is 0 Å². The molecular weight excluding hydrogens is 268 g/mol. The molecule has 2 amide bonds. The Labute approximate surface area is 116 Å². The standard InChI is InChI=1S/C12H18N2O4S/c1-7(11(17)18-3)13-10(16)8-6-19-12(2)5-4-9(15)14(8)12/h7-8H,4-6H2,1-3H3,(H,13,16). The van der Waals surface area contributed by atoms with Gasteiger partial charge in [-0.1, -0.05) is 0 Å². The summed E-state index contributed by atoms with van der Waals surface area (Å²) in [7, 11) is 1.28. The zero-order chi connectivity index (χ0) is 14.2. The van der Waals surface area contributed by atoms with Gasteiger partial charge in [0.25, 0.3) is 0 Å². The molecule has 0 aromatic carbocycles. The van der Waals surface area contributed by atoms with E-state index in [4.69, 9.17) is 0 Å². The summed E-state index contributed by atoms with van der Waals surface area (Å²) in [4.78, 5) is 36.8. The van der Waals surface area contributed by atoms with Gasteiger partial charge in [0.1, 0.15) is 12.1 Å². The van der Waals surface area contributed by atoms with Crippen LogP contribution in [0.15, 0.2) is 0 Å². The van der Waals surface area contributed by atoms with Crippen LogP contribution in [0.4, 0.5) is 0 Å². The molecule has 0 bridgehead atoms. The molecule has 106 valence electrons. The first-order valence-electron chi connectivity index (χ1n) is 6.23. The fraction of sp³-hybridized carbons (Fsp3) is 0.750. The Bertz CT molecular complexity index is 428. The number of hydrogen-bond acceptors (Lipinski definition) is 5.